The van der Waals surface area contributed by atoms with E-state index in [1.807, 2.05) is 6.07 Å². The monoisotopic (exact) mass is 211 g/mol. The standard InChI is InChI=1S/C15H17N/c1-4-14-10-15(11(2)12(3)16-14)13-8-6-5-7-9-13/h5-10H,4H2,1-3H3. The Hall–Kier alpha value is -1.63. The number of pyridine rings is 1. The quantitative estimate of drug-likeness (QED) is 0.733. The Morgan fingerprint density at radius 3 is 2.38 bits per heavy atom. The van der Waals surface area contributed by atoms with E-state index in [0.717, 1.165) is 12.1 Å². The molecule has 0 unspecified atom stereocenters. The fourth-order valence-corrected chi connectivity index (χ4v) is 1.90. The molecule has 0 radical (unpaired) electrons. The molecule has 1 aromatic heterocycles. The maximum atomic E-state index is 4.58. The van der Waals surface area contributed by atoms with Gasteiger partial charge in [-0.2, -0.15) is 0 Å². The van der Waals surface area contributed by atoms with E-state index >= 15 is 0 Å². The van der Waals surface area contributed by atoms with Crippen molar-refractivity contribution >= 4 is 0 Å². The lowest BCUT2D eigenvalue weighted by atomic mass is 9.99. The normalized spacial score (nSPS) is 10.4. The van der Waals surface area contributed by atoms with E-state index in [-0.39, 0.29) is 0 Å². The molecule has 0 aliphatic carbocycles. The van der Waals surface area contributed by atoms with Gasteiger partial charge in [0.1, 0.15) is 0 Å². The van der Waals surface area contributed by atoms with Crippen LogP contribution < -0.4 is 0 Å². The van der Waals surface area contributed by atoms with Crippen LogP contribution in [0, 0.1) is 13.8 Å². The van der Waals surface area contributed by atoms with Gasteiger partial charge in [0.2, 0.25) is 0 Å². The van der Waals surface area contributed by atoms with Crippen molar-refractivity contribution in [3.63, 3.8) is 0 Å². The van der Waals surface area contributed by atoms with E-state index in [4.69, 9.17) is 0 Å². The molecule has 0 N–H and O–H groups in total. The zero-order valence-corrected chi connectivity index (χ0v) is 10.1. The summed E-state index contributed by atoms with van der Waals surface area (Å²) in [6.45, 7) is 6.37. The highest BCUT2D eigenvalue weighted by molar-refractivity contribution is 5.68. The van der Waals surface area contributed by atoms with Gasteiger partial charge in [0.05, 0.1) is 0 Å². The Kier molecular flexibility index (Phi) is 3.04. The number of hydrogen-bond acceptors (Lipinski definition) is 1. The Morgan fingerprint density at radius 2 is 1.75 bits per heavy atom. The molecule has 1 nitrogen and oxygen atoms in total. The molecule has 1 heterocycles. The first-order chi connectivity index (χ1) is 7.72. The molecule has 0 spiro atoms. The lowest BCUT2D eigenvalue weighted by molar-refractivity contribution is 0.994. The minimum absolute atomic E-state index is 0.987. The number of aromatic nitrogens is 1. The predicted octanol–water partition coefficient (Wildman–Crippen LogP) is 3.93. The van der Waals surface area contributed by atoms with Crippen molar-refractivity contribution < 1.29 is 0 Å². The average Bonchev–Trinajstić information content (AvgIpc) is 2.33. The van der Waals surface area contributed by atoms with Crippen molar-refractivity contribution in [1.29, 1.82) is 0 Å². The first-order valence-corrected chi connectivity index (χ1v) is 5.75. The van der Waals surface area contributed by atoms with E-state index in [9.17, 15) is 0 Å². The first-order valence-electron chi connectivity index (χ1n) is 5.75. The van der Waals surface area contributed by atoms with Crippen LogP contribution in [0.25, 0.3) is 11.1 Å². The topological polar surface area (TPSA) is 12.9 Å². The number of nitrogens with zero attached hydrogens (tertiary/aromatic N) is 1. The summed E-state index contributed by atoms with van der Waals surface area (Å²) >= 11 is 0. The summed E-state index contributed by atoms with van der Waals surface area (Å²) < 4.78 is 0. The lowest BCUT2D eigenvalue weighted by Gasteiger charge is -2.10. The van der Waals surface area contributed by atoms with Crippen molar-refractivity contribution in [2.75, 3.05) is 0 Å². The molecule has 0 amide bonds. The van der Waals surface area contributed by atoms with Crippen molar-refractivity contribution in [3.05, 3.63) is 53.3 Å². The van der Waals surface area contributed by atoms with Crippen molar-refractivity contribution in [1.82, 2.24) is 4.98 Å². The third-order valence-corrected chi connectivity index (χ3v) is 3.02. The van der Waals surface area contributed by atoms with E-state index in [1.165, 1.54) is 22.4 Å². The van der Waals surface area contributed by atoms with E-state index in [0.29, 0.717) is 0 Å². The zero-order valence-electron chi connectivity index (χ0n) is 10.1. The third kappa shape index (κ3) is 1.99. The molecule has 0 bridgehead atoms. The highest BCUT2D eigenvalue weighted by Crippen LogP contribution is 2.25. The van der Waals surface area contributed by atoms with Crippen molar-refractivity contribution in [2.45, 2.75) is 27.2 Å². The van der Waals surface area contributed by atoms with Crippen LogP contribution in [0.4, 0.5) is 0 Å². The summed E-state index contributed by atoms with van der Waals surface area (Å²) in [6.07, 6.45) is 0.987. The van der Waals surface area contributed by atoms with Gasteiger partial charge in [-0.3, -0.25) is 4.98 Å². The molecule has 0 atom stereocenters. The van der Waals surface area contributed by atoms with Crippen LogP contribution >= 0.6 is 0 Å². The first kappa shape index (κ1) is 10.9. The third-order valence-electron chi connectivity index (χ3n) is 3.02. The van der Waals surface area contributed by atoms with Crippen molar-refractivity contribution in [3.8, 4) is 11.1 Å². The largest absolute Gasteiger partial charge is 0.258 e. The van der Waals surface area contributed by atoms with Gasteiger partial charge < -0.3 is 0 Å². The molecule has 0 saturated carbocycles. The number of rotatable bonds is 2. The molecule has 16 heavy (non-hydrogen) atoms. The molecular formula is C15H17N. The summed E-state index contributed by atoms with van der Waals surface area (Å²) in [6, 6.07) is 12.7. The maximum Gasteiger partial charge on any atom is 0.0411 e. The zero-order chi connectivity index (χ0) is 11.5. The van der Waals surface area contributed by atoms with Crippen LogP contribution in [0.15, 0.2) is 36.4 Å². The Labute approximate surface area is 97.2 Å². The van der Waals surface area contributed by atoms with E-state index in [2.05, 4.69) is 56.1 Å². The molecule has 2 rings (SSSR count). The molecule has 1 heteroatoms. The van der Waals surface area contributed by atoms with Crippen LogP contribution in [0.2, 0.25) is 0 Å². The van der Waals surface area contributed by atoms with Crippen molar-refractivity contribution in [2.24, 2.45) is 0 Å². The van der Waals surface area contributed by atoms with Gasteiger partial charge in [-0.15, -0.1) is 0 Å². The molecule has 0 saturated heterocycles. The number of benzene rings is 1. The summed E-state index contributed by atoms with van der Waals surface area (Å²) in [5, 5.41) is 0. The molecule has 1 aromatic carbocycles. The highest BCUT2D eigenvalue weighted by atomic mass is 14.7. The van der Waals surface area contributed by atoms with Gasteiger partial charge in [0.15, 0.2) is 0 Å². The van der Waals surface area contributed by atoms with Crippen LogP contribution in [0.5, 0.6) is 0 Å². The molecule has 0 aliphatic heterocycles. The Bertz CT molecular complexity index is 486. The number of hydrogen-bond donors (Lipinski definition) is 0. The number of aryl methyl sites for hydroxylation is 2. The van der Waals surface area contributed by atoms with Crippen LogP contribution in [-0.2, 0) is 6.42 Å². The van der Waals surface area contributed by atoms with E-state index in [1.54, 1.807) is 0 Å². The minimum Gasteiger partial charge on any atom is -0.258 e. The van der Waals surface area contributed by atoms with Crippen LogP contribution in [0.1, 0.15) is 23.9 Å². The summed E-state index contributed by atoms with van der Waals surface area (Å²) in [4.78, 5) is 4.58. The van der Waals surface area contributed by atoms with Crippen LogP contribution in [0.3, 0.4) is 0 Å². The lowest BCUT2D eigenvalue weighted by Crippen LogP contribution is -1.96. The van der Waals surface area contributed by atoms with E-state index < -0.39 is 0 Å². The second-order valence-corrected chi connectivity index (χ2v) is 4.09. The van der Waals surface area contributed by atoms with Crippen LogP contribution in [-0.4, -0.2) is 4.98 Å². The molecule has 0 aliphatic rings. The molecular weight excluding hydrogens is 194 g/mol. The molecule has 0 fully saturated rings. The summed E-state index contributed by atoms with van der Waals surface area (Å²) in [5.74, 6) is 0. The SMILES string of the molecule is CCc1cc(-c2ccccc2)c(C)c(C)n1. The fourth-order valence-electron chi connectivity index (χ4n) is 1.90. The Morgan fingerprint density at radius 1 is 1.06 bits per heavy atom. The van der Waals surface area contributed by atoms with Gasteiger partial charge in [-0.1, -0.05) is 37.3 Å². The highest BCUT2D eigenvalue weighted by Gasteiger charge is 2.06. The second kappa shape index (κ2) is 4.48. The fraction of sp³-hybridized carbons (Fsp3) is 0.267. The summed E-state index contributed by atoms with van der Waals surface area (Å²) in [7, 11) is 0. The smallest absolute Gasteiger partial charge is 0.0411 e. The summed E-state index contributed by atoms with van der Waals surface area (Å²) in [5.41, 5.74) is 6.17. The van der Waals surface area contributed by atoms with Gasteiger partial charge >= 0.3 is 0 Å². The Balaban J connectivity index is 2.60. The molecule has 2 aromatic rings. The molecule has 82 valence electrons. The average molecular weight is 211 g/mol. The minimum atomic E-state index is 0.987. The van der Waals surface area contributed by atoms with Gasteiger partial charge in [0.25, 0.3) is 0 Å². The maximum absolute atomic E-state index is 4.58. The van der Waals surface area contributed by atoms with Gasteiger partial charge in [-0.25, -0.2) is 0 Å². The van der Waals surface area contributed by atoms with Gasteiger partial charge in [0, 0.05) is 11.4 Å². The second-order valence-electron chi connectivity index (χ2n) is 4.09. The predicted molar refractivity (Wildman–Crippen MR) is 68.5 cm³/mol. The van der Waals surface area contributed by atoms with Gasteiger partial charge in [-0.05, 0) is 43.0 Å².